The number of hydrogen-bond acceptors (Lipinski definition) is 6. The van der Waals surface area contributed by atoms with Crippen molar-refractivity contribution < 1.29 is 14.5 Å². The molecule has 7 nitrogen and oxygen atoms in total. The molecule has 136 valence electrons. The van der Waals surface area contributed by atoms with E-state index in [9.17, 15) is 14.9 Å². The largest absolute Gasteiger partial charge is 0.469 e. The smallest absolute Gasteiger partial charge is 0.309 e. The van der Waals surface area contributed by atoms with E-state index in [1.807, 2.05) is 4.90 Å². The van der Waals surface area contributed by atoms with Gasteiger partial charge in [-0.05, 0) is 12.0 Å². The summed E-state index contributed by atoms with van der Waals surface area (Å²) in [6, 6.07) is 6.32. The molecular formula is C17H22ClN3O4. The average molecular weight is 368 g/mol. The summed E-state index contributed by atoms with van der Waals surface area (Å²) >= 11 is 6.68. The molecule has 0 radical (unpaired) electrons. The molecule has 1 aromatic carbocycles. The van der Waals surface area contributed by atoms with Crippen molar-refractivity contribution in [1.29, 1.82) is 0 Å². The van der Waals surface area contributed by atoms with Gasteiger partial charge in [-0.25, -0.2) is 0 Å². The molecule has 2 atom stereocenters. The van der Waals surface area contributed by atoms with Crippen molar-refractivity contribution in [2.24, 2.45) is 4.99 Å². The number of aliphatic imine (C=N–C) groups is 1. The molecule has 0 amide bonds. The molecule has 8 heteroatoms. The van der Waals surface area contributed by atoms with E-state index in [0.717, 1.165) is 24.8 Å². The van der Waals surface area contributed by atoms with Gasteiger partial charge in [0.15, 0.2) is 0 Å². The van der Waals surface area contributed by atoms with Gasteiger partial charge in [-0.3, -0.25) is 24.8 Å². The van der Waals surface area contributed by atoms with Crippen LogP contribution in [0.15, 0.2) is 29.3 Å². The number of non-ortho nitro benzene ring substituents is 1. The minimum atomic E-state index is -1.05. The lowest BCUT2D eigenvalue weighted by Crippen LogP contribution is -2.46. The molecule has 2 unspecified atom stereocenters. The number of carbonyl (C=O) groups excluding carboxylic acids is 1. The Morgan fingerprint density at radius 2 is 2.12 bits per heavy atom. The van der Waals surface area contributed by atoms with Gasteiger partial charge in [0, 0.05) is 24.9 Å². The molecular weight excluding hydrogens is 346 g/mol. The van der Waals surface area contributed by atoms with E-state index >= 15 is 0 Å². The second-order valence-corrected chi connectivity index (χ2v) is 6.68. The lowest BCUT2D eigenvalue weighted by atomic mass is 10.1. The summed E-state index contributed by atoms with van der Waals surface area (Å²) in [5, 5.41) is 10.8. The van der Waals surface area contributed by atoms with Crippen LogP contribution >= 0.6 is 11.6 Å². The van der Waals surface area contributed by atoms with Crippen molar-refractivity contribution in [2.75, 3.05) is 7.11 Å². The van der Waals surface area contributed by atoms with E-state index in [2.05, 4.69) is 11.9 Å². The summed E-state index contributed by atoms with van der Waals surface area (Å²) in [6.07, 6.45) is 4.32. The first kappa shape index (κ1) is 19.3. The first-order chi connectivity index (χ1) is 11.9. The van der Waals surface area contributed by atoms with Crippen molar-refractivity contribution in [3.63, 3.8) is 0 Å². The first-order valence-electron chi connectivity index (χ1n) is 8.19. The summed E-state index contributed by atoms with van der Waals surface area (Å²) in [7, 11) is 1.32. The molecule has 25 heavy (non-hydrogen) atoms. The van der Waals surface area contributed by atoms with Crippen LogP contribution in [0.4, 0.5) is 5.69 Å². The average Bonchev–Trinajstić information content (AvgIpc) is 2.89. The number of nitro groups is 1. The van der Waals surface area contributed by atoms with Crippen LogP contribution in [-0.4, -0.2) is 40.3 Å². The lowest BCUT2D eigenvalue weighted by molar-refractivity contribution is -0.384. The Balaban J connectivity index is 2.20. The molecule has 0 aromatic heterocycles. The molecule has 1 aliphatic rings. The molecule has 0 fully saturated rings. The number of rotatable bonds is 8. The number of nitrogens with zero attached hydrogens (tertiary/aromatic N) is 3. The Labute approximate surface area is 151 Å². The SMILES string of the molecule is CCCCC1N=CC(Cl)(CC(=O)OC)N1Cc1ccc([N+](=O)[O-])cc1. The number of esters is 1. The highest BCUT2D eigenvalue weighted by molar-refractivity contribution is 6.33. The molecule has 0 N–H and O–H groups in total. The maximum atomic E-state index is 11.7. The number of hydrogen-bond donors (Lipinski definition) is 0. The molecule has 0 bridgehead atoms. The zero-order valence-corrected chi connectivity index (χ0v) is 15.1. The van der Waals surface area contributed by atoms with Crippen LogP contribution in [0, 0.1) is 10.1 Å². The normalized spacial score (nSPS) is 22.9. The highest BCUT2D eigenvalue weighted by Crippen LogP contribution is 2.35. The monoisotopic (exact) mass is 367 g/mol. The summed E-state index contributed by atoms with van der Waals surface area (Å²) in [4.78, 5) is 27.5. The van der Waals surface area contributed by atoms with Gasteiger partial charge in [0.05, 0.1) is 18.5 Å². The number of nitro benzene ring substituents is 1. The number of carbonyl (C=O) groups is 1. The maximum absolute atomic E-state index is 11.7. The highest BCUT2D eigenvalue weighted by Gasteiger charge is 2.43. The zero-order chi connectivity index (χ0) is 18.4. The Hall–Kier alpha value is -1.99. The fourth-order valence-electron chi connectivity index (χ4n) is 2.80. The summed E-state index contributed by atoms with van der Waals surface area (Å²) in [5.74, 6) is -0.411. The topological polar surface area (TPSA) is 85.0 Å². The molecule has 0 saturated heterocycles. The fourth-order valence-corrected chi connectivity index (χ4v) is 3.14. The number of halogens is 1. The molecule has 1 aliphatic heterocycles. The highest BCUT2D eigenvalue weighted by atomic mass is 35.5. The molecule has 1 aromatic rings. The van der Waals surface area contributed by atoms with Crippen molar-refractivity contribution >= 4 is 29.5 Å². The van der Waals surface area contributed by atoms with E-state index in [-0.39, 0.29) is 18.3 Å². The molecule has 0 saturated carbocycles. The summed E-state index contributed by atoms with van der Waals surface area (Å²) in [5.41, 5.74) is 0.906. The minimum Gasteiger partial charge on any atom is -0.469 e. The first-order valence-corrected chi connectivity index (χ1v) is 8.57. The van der Waals surface area contributed by atoms with Crippen molar-refractivity contribution in [3.8, 4) is 0 Å². The van der Waals surface area contributed by atoms with Gasteiger partial charge in [0.1, 0.15) is 11.2 Å². The molecule has 0 spiro atoms. The zero-order valence-electron chi connectivity index (χ0n) is 14.4. The van der Waals surface area contributed by atoms with Gasteiger partial charge < -0.3 is 4.74 Å². The van der Waals surface area contributed by atoms with Gasteiger partial charge in [0.25, 0.3) is 5.69 Å². The number of unbranched alkanes of at least 4 members (excludes halogenated alkanes) is 1. The maximum Gasteiger partial charge on any atom is 0.309 e. The van der Waals surface area contributed by atoms with E-state index in [4.69, 9.17) is 16.3 Å². The summed E-state index contributed by atoms with van der Waals surface area (Å²) in [6.45, 7) is 2.54. The minimum absolute atomic E-state index is 0.00976. The van der Waals surface area contributed by atoms with Crippen LogP contribution < -0.4 is 0 Å². The third-order valence-corrected chi connectivity index (χ3v) is 4.67. The van der Waals surface area contributed by atoms with Crippen LogP contribution in [0.3, 0.4) is 0 Å². The molecule has 0 aliphatic carbocycles. The van der Waals surface area contributed by atoms with Gasteiger partial charge >= 0.3 is 5.97 Å². The Morgan fingerprint density at radius 1 is 1.44 bits per heavy atom. The third-order valence-electron chi connectivity index (χ3n) is 4.22. The standard InChI is InChI=1S/C17H22ClN3O4/c1-3-4-5-15-19-12-17(18,10-16(22)25-2)20(15)11-13-6-8-14(9-7-13)21(23)24/h6-9,12,15H,3-5,10-11H2,1-2H3. The van der Waals surface area contributed by atoms with Crippen molar-refractivity contribution in [3.05, 3.63) is 39.9 Å². The Kier molecular flexibility index (Phi) is 6.50. The lowest BCUT2D eigenvalue weighted by Gasteiger charge is -2.34. The Bertz CT molecular complexity index is 650. The Morgan fingerprint density at radius 3 is 2.68 bits per heavy atom. The number of ether oxygens (including phenoxy) is 1. The van der Waals surface area contributed by atoms with Crippen LogP contribution in [0.2, 0.25) is 0 Å². The van der Waals surface area contributed by atoms with Crippen LogP contribution in [-0.2, 0) is 16.1 Å². The van der Waals surface area contributed by atoms with Crippen molar-refractivity contribution in [2.45, 2.75) is 50.3 Å². The second-order valence-electron chi connectivity index (χ2n) is 6.02. The predicted octanol–water partition coefficient (Wildman–Crippen LogP) is 3.50. The van der Waals surface area contributed by atoms with E-state index in [0.29, 0.717) is 6.54 Å². The predicted molar refractivity (Wildman–Crippen MR) is 95.7 cm³/mol. The summed E-state index contributed by atoms with van der Waals surface area (Å²) < 4.78 is 4.75. The van der Waals surface area contributed by atoms with Crippen LogP contribution in [0.1, 0.15) is 38.2 Å². The number of methoxy groups -OCH3 is 1. The molecule has 2 rings (SSSR count). The number of alkyl halides is 1. The van der Waals surface area contributed by atoms with E-state index < -0.39 is 15.9 Å². The van der Waals surface area contributed by atoms with Crippen LogP contribution in [0.25, 0.3) is 0 Å². The molecule has 1 heterocycles. The fraction of sp³-hybridized carbons (Fsp3) is 0.529. The van der Waals surface area contributed by atoms with Gasteiger partial charge in [-0.1, -0.05) is 43.5 Å². The van der Waals surface area contributed by atoms with E-state index in [1.165, 1.54) is 19.2 Å². The van der Waals surface area contributed by atoms with Gasteiger partial charge in [-0.2, -0.15) is 0 Å². The number of benzene rings is 1. The van der Waals surface area contributed by atoms with Crippen molar-refractivity contribution in [1.82, 2.24) is 4.90 Å². The van der Waals surface area contributed by atoms with Crippen LogP contribution in [0.5, 0.6) is 0 Å². The second kappa shape index (κ2) is 8.40. The third kappa shape index (κ3) is 4.76. The quantitative estimate of drug-likeness (QED) is 0.231. The van der Waals surface area contributed by atoms with Gasteiger partial charge in [0.2, 0.25) is 0 Å². The van der Waals surface area contributed by atoms with E-state index in [1.54, 1.807) is 18.3 Å². The van der Waals surface area contributed by atoms with Gasteiger partial charge in [-0.15, -0.1) is 0 Å².